The summed E-state index contributed by atoms with van der Waals surface area (Å²) < 4.78 is 0. The molecule has 0 saturated heterocycles. The average molecular weight is 659 g/mol. The van der Waals surface area contributed by atoms with Crippen LogP contribution in [0.4, 0.5) is 0 Å². The maximum atomic E-state index is 5.34. The third-order valence-electron chi connectivity index (χ3n) is 11.0. The zero-order valence-electron chi connectivity index (χ0n) is 30.3. The Morgan fingerprint density at radius 1 is 0.392 bits per heavy atom. The summed E-state index contributed by atoms with van der Waals surface area (Å²) in [6.07, 6.45) is 0. The molecule has 248 valence electrons. The van der Waals surface area contributed by atoms with Crippen LogP contribution in [-0.4, -0.2) is 9.97 Å². The van der Waals surface area contributed by atoms with Crippen LogP contribution in [-0.2, 0) is 16.2 Å². The number of hydrogen-bond acceptors (Lipinski definition) is 2. The summed E-state index contributed by atoms with van der Waals surface area (Å²) in [4.78, 5) is 10.5. The van der Waals surface area contributed by atoms with Crippen molar-refractivity contribution in [1.29, 1.82) is 0 Å². The van der Waals surface area contributed by atoms with Crippen LogP contribution in [0.1, 0.15) is 74.9 Å². The van der Waals surface area contributed by atoms with Crippen molar-refractivity contribution in [2.24, 2.45) is 0 Å². The van der Waals surface area contributed by atoms with Gasteiger partial charge >= 0.3 is 0 Å². The largest absolute Gasteiger partial charge is 0.228 e. The Kier molecular flexibility index (Phi) is 6.89. The monoisotopic (exact) mass is 658 g/mol. The van der Waals surface area contributed by atoms with Crippen molar-refractivity contribution in [3.63, 3.8) is 0 Å². The molecule has 0 atom stereocenters. The highest BCUT2D eigenvalue weighted by Gasteiger charge is 2.52. The molecule has 2 aliphatic rings. The highest BCUT2D eigenvalue weighted by atomic mass is 14.9. The first kappa shape index (κ1) is 31.4. The van der Waals surface area contributed by atoms with E-state index in [0.29, 0.717) is 0 Å². The van der Waals surface area contributed by atoms with E-state index in [2.05, 4.69) is 181 Å². The van der Waals surface area contributed by atoms with E-state index in [9.17, 15) is 0 Å². The molecule has 2 nitrogen and oxygen atoms in total. The van der Waals surface area contributed by atoms with Gasteiger partial charge in [-0.15, -0.1) is 0 Å². The normalized spacial score (nSPS) is 13.8. The summed E-state index contributed by atoms with van der Waals surface area (Å²) in [6.45, 7) is 13.9. The zero-order valence-corrected chi connectivity index (χ0v) is 30.3. The standard InChI is InChI=1S/C49H42N2/c1-47(2,3)33-24-26-35-36-27-25-34(48(4,5)6)29-42(36)49(41(35)28-33)39-22-14-13-20-37(39)45-38(21-15-23-40(45)49)44-30-43(31-16-9-7-10-17-31)50-46(51-44)32-18-11-8-12-19-32/h7-30H,1-6H3. The first-order valence-electron chi connectivity index (χ1n) is 18.1. The molecule has 51 heavy (non-hydrogen) atoms. The third-order valence-corrected chi connectivity index (χ3v) is 11.0. The van der Waals surface area contributed by atoms with Gasteiger partial charge in [0.1, 0.15) is 0 Å². The highest BCUT2D eigenvalue weighted by molar-refractivity contribution is 6.00. The molecular weight excluding hydrogens is 617 g/mol. The summed E-state index contributed by atoms with van der Waals surface area (Å²) in [6, 6.07) is 53.4. The number of aromatic nitrogens is 2. The minimum atomic E-state index is -0.466. The summed E-state index contributed by atoms with van der Waals surface area (Å²) >= 11 is 0. The highest BCUT2D eigenvalue weighted by Crippen LogP contribution is 2.64. The predicted octanol–water partition coefficient (Wildman–Crippen LogP) is 12.4. The predicted molar refractivity (Wildman–Crippen MR) is 212 cm³/mol. The van der Waals surface area contributed by atoms with Crippen molar-refractivity contribution in [3.8, 4) is 56.2 Å². The lowest BCUT2D eigenvalue weighted by atomic mass is 9.68. The summed E-state index contributed by atoms with van der Waals surface area (Å²) in [5, 5.41) is 0. The van der Waals surface area contributed by atoms with Crippen molar-refractivity contribution < 1.29 is 0 Å². The van der Waals surface area contributed by atoms with Crippen molar-refractivity contribution in [2.75, 3.05) is 0 Å². The summed E-state index contributed by atoms with van der Waals surface area (Å²) in [7, 11) is 0. The van der Waals surface area contributed by atoms with Crippen LogP contribution in [0.25, 0.3) is 56.2 Å². The van der Waals surface area contributed by atoms with Gasteiger partial charge < -0.3 is 0 Å². The second-order valence-electron chi connectivity index (χ2n) is 16.2. The van der Waals surface area contributed by atoms with Gasteiger partial charge in [0.25, 0.3) is 0 Å². The lowest BCUT2D eigenvalue weighted by molar-refractivity contribution is 0.586. The second-order valence-corrected chi connectivity index (χ2v) is 16.2. The van der Waals surface area contributed by atoms with Gasteiger partial charge in [0.15, 0.2) is 5.82 Å². The Morgan fingerprint density at radius 2 is 0.902 bits per heavy atom. The van der Waals surface area contributed by atoms with Crippen LogP contribution >= 0.6 is 0 Å². The molecule has 1 heterocycles. The lowest BCUT2D eigenvalue weighted by Gasteiger charge is -2.33. The quantitative estimate of drug-likeness (QED) is 0.189. The molecule has 2 aliphatic carbocycles. The van der Waals surface area contributed by atoms with Gasteiger partial charge in [0.05, 0.1) is 16.8 Å². The van der Waals surface area contributed by atoms with Crippen LogP contribution in [0.3, 0.4) is 0 Å². The molecule has 2 heteroatoms. The van der Waals surface area contributed by atoms with E-state index in [1.54, 1.807) is 0 Å². The molecule has 0 amide bonds. The minimum Gasteiger partial charge on any atom is -0.228 e. The SMILES string of the molecule is CC(C)(C)c1ccc2c(c1)C1(c3cc(C(C)(C)C)ccc3-2)c2ccccc2-c2c(-c3cc(-c4ccccc4)nc(-c4ccccc4)n3)cccc21. The smallest absolute Gasteiger partial charge is 0.160 e. The lowest BCUT2D eigenvalue weighted by Crippen LogP contribution is -2.27. The fourth-order valence-electron chi connectivity index (χ4n) is 8.44. The Morgan fingerprint density at radius 3 is 1.51 bits per heavy atom. The Hall–Kier alpha value is -5.60. The van der Waals surface area contributed by atoms with Crippen molar-refractivity contribution in [1.82, 2.24) is 9.97 Å². The van der Waals surface area contributed by atoms with E-state index in [1.165, 1.54) is 55.6 Å². The molecule has 0 fully saturated rings. The summed E-state index contributed by atoms with van der Waals surface area (Å²) in [5.41, 5.74) is 17.9. The van der Waals surface area contributed by atoms with Gasteiger partial charge in [-0.1, -0.05) is 181 Å². The molecule has 6 aromatic carbocycles. The van der Waals surface area contributed by atoms with E-state index < -0.39 is 5.41 Å². The Bertz CT molecular complexity index is 2360. The third kappa shape index (κ3) is 4.77. The second kappa shape index (κ2) is 11.2. The van der Waals surface area contributed by atoms with E-state index in [1.807, 2.05) is 6.07 Å². The van der Waals surface area contributed by atoms with Gasteiger partial charge in [-0.05, 0) is 72.5 Å². The maximum absolute atomic E-state index is 5.34. The minimum absolute atomic E-state index is 0.00695. The fourth-order valence-corrected chi connectivity index (χ4v) is 8.44. The Balaban J connectivity index is 1.38. The molecule has 0 unspecified atom stereocenters. The van der Waals surface area contributed by atoms with Crippen molar-refractivity contribution in [3.05, 3.63) is 179 Å². The molecular formula is C49H42N2. The molecule has 0 radical (unpaired) electrons. The van der Waals surface area contributed by atoms with E-state index in [4.69, 9.17) is 9.97 Å². The first-order chi connectivity index (χ1) is 24.5. The molecule has 1 spiro atoms. The molecule has 7 aromatic rings. The molecule has 0 bridgehead atoms. The average Bonchev–Trinajstić information content (AvgIpc) is 3.61. The first-order valence-corrected chi connectivity index (χ1v) is 18.1. The van der Waals surface area contributed by atoms with Crippen LogP contribution in [0.5, 0.6) is 0 Å². The zero-order chi connectivity index (χ0) is 35.1. The van der Waals surface area contributed by atoms with Gasteiger partial charge in [0.2, 0.25) is 0 Å². The Labute approximate surface area is 301 Å². The summed E-state index contributed by atoms with van der Waals surface area (Å²) in [5.74, 6) is 0.728. The van der Waals surface area contributed by atoms with Crippen LogP contribution in [0.15, 0.2) is 146 Å². The van der Waals surface area contributed by atoms with E-state index >= 15 is 0 Å². The number of nitrogens with zero attached hydrogens (tertiary/aromatic N) is 2. The van der Waals surface area contributed by atoms with Gasteiger partial charge in [-0.2, -0.15) is 0 Å². The topological polar surface area (TPSA) is 25.8 Å². The van der Waals surface area contributed by atoms with E-state index in [0.717, 1.165) is 33.9 Å². The van der Waals surface area contributed by atoms with Gasteiger partial charge in [0, 0.05) is 16.7 Å². The fraction of sp³-hybridized carbons (Fsp3) is 0.184. The molecule has 0 saturated carbocycles. The molecule has 1 aromatic heterocycles. The van der Waals surface area contributed by atoms with E-state index in [-0.39, 0.29) is 10.8 Å². The van der Waals surface area contributed by atoms with Crippen molar-refractivity contribution >= 4 is 0 Å². The molecule has 0 N–H and O–H groups in total. The van der Waals surface area contributed by atoms with Crippen molar-refractivity contribution in [2.45, 2.75) is 57.8 Å². The van der Waals surface area contributed by atoms with Crippen LogP contribution < -0.4 is 0 Å². The molecule has 9 rings (SSSR count). The van der Waals surface area contributed by atoms with Gasteiger partial charge in [-0.25, -0.2) is 9.97 Å². The number of hydrogen-bond donors (Lipinski definition) is 0. The van der Waals surface area contributed by atoms with Crippen LogP contribution in [0, 0.1) is 0 Å². The van der Waals surface area contributed by atoms with Gasteiger partial charge in [-0.3, -0.25) is 0 Å². The number of rotatable bonds is 3. The van der Waals surface area contributed by atoms with Crippen LogP contribution in [0.2, 0.25) is 0 Å². The molecule has 0 aliphatic heterocycles. The number of benzene rings is 6. The maximum Gasteiger partial charge on any atom is 0.160 e. The number of fused-ring (bicyclic) bond motifs is 10.